The summed E-state index contributed by atoms with van der Waals surface area (Å²) < 4.78 is 10.8. The Kier molecular flexibility index (Phi) is 3.77. The van der Waals surface area contributed by atoms with Gasteiger partial charge in [-0.2, -0.15) is 0 Å². The van der Waals surface area contributed by atoms with Crippen molar-refractivity contribution in [3.63, 3.8) is 0 Å². The molecule has 2 heterocycles. The Morgan fingerprint density at radius 1 is 1.40 bits per heavy atom. The van der Waals surface area contributed by atoms with Crippen LogP contribution in [0.5, 0.6) is 0 Å². The molecule has 0 radical (unpaired) electrons. The Labute approximate surface area is 89.2 Å². The van der Waals surface area contributed by atoms with E-state index in [-0.39, 0.29) is 6.61 Å². The van der Waals surface area contributed by atoms with Crippen molar-refractivity contribution in [3.05, 3.63) is 23.7 Å². The summed E-state index contributed by atoms with van der Waals surface area (Å²) in [7, 11) is 0. The van der Waals surface area contributed by atoms with Crippen molar-refractivity contribution in [1.29, 1.82) is 0 Å². The molecule has 1 aliphatic heterocycles. The first-order chi connectivity index (χ1) is 7.38. The minimum absolute atomic E-state index is 0.0360. The van der Waals surface area contributed by atoms with E-state index in [2.05, 4.69) is 5.32 Å². The van der Waals surface area contributed by atoms with Gasteiger partial charge in [-0.25, -0.2) is 0 Å². The highest BCUT2D eigenvalue weighted by Crippen LogP contribution is 2.11. The summed E-state index contributed by atoms with van der Waals surface area (Å²) in [6.45, 7) is 2.42. The van der Waals surface area contributed by atoms with Gasteiger partial charge in [0.2, 0.25) is 0 Å². The molecule has 1 aromatic heterocycles. The molecular weight excluding hydrogens is 194 g/mol. The molecule has 1 fully saturated rings. The summed E-state index contributed by atoms with van der Waals surface area (Å²) in [6, 6.07) is 3.68. The van der Waals surface area contributed by atoms with E-state index in [0.29, 0.717) is 18.4 Å². The minimum atomic E-state index is -0.0360. The summed E-state index contributed by atoms with van der Waals surface area (Å²) >= 11 is 0. The van der Waals surface area contributed by atoms with Crippen molar-refractivity contribution in [1.82, 2.24) is 5.32 Å². The Hall–Kier alpha value is -0.840. The van der Waals surface area contributed by atoms with Crippen LogP contribution in [0.15, 0.2) is 16.5 Å². The normalized spacial score (nSPS) is 21.0. The molecule has 1 saturated heterocycles. The van der Waals surface area contributed by atoms with Crippen molar-refractivity contribution >= 4 is 0 Å². The van der Waals surface area contributed by atoms with Crippen molar-refractivity contribution in [2.24, 2.45) is 0 Å². The van der Waals surface area contributed by atoms with Crippen molar-refractivity contribution in [3.8, 4) is 0 Å². The molecule has 1 aliphatic rings. The zero-order valence-corrected chi connectivity index (χ0v) is 8.74. The molecule has 1 aromatic rings. The Morgan fingerprint density at radius 2 is 2.27 bits per heavy atom. The second-order valence-electron chi connectivity index (χ2n) is 3.79. The molecule has 0 amide bonds. The fourth-order valence-corrected chi connectivity index (χ4v) is 1.76. The lowest BCUT2D eigenvalue weighted by Crippen LogP contribution is -2.25. The first-order valence-corrected chi connectivity index (χ1v) is 5.39. The average molecular weight is 211 g/mol. The van der Waals surface area contributed by atoms with Crippen molar-refractivity contribution in [2.75, 3.05) is 13.2 Å². The zero-order chi connectivity index (χ0) is 10.5. The SMILES string of the molecule is OCc1ccc(CNC[C@@H]2CCCO2)o1. The van der Waals surface area contributed by atoms with Crippen molar-refractivity contribution < 1.29 is 14.3 Å². The lowest BCUT2D eigenvalue weighted by molar-refractivity contribution is 0.109. The van der Waals surface area contributed by atoms with Gasteiger partial charge in [-0.05, 0) is 25.0 Å². The Bertz CT molecular complexity index is 292. The van der Waals surface area contributed by atoms with Gasteiger partial charge in [-0.15, -0.1) is 0 Å². The number of aliphatic hydroxyl groups is 1. The van der Waals surface area contributed by atoms with Crippen molar-refractivity contribution in [2.45, 2.75) is 32.1 Å². The van der Waals surface area contributed by atoms with Crippen LogP contribution in [0.4, 0.5) is 0 Å². The topological polar surface area (TPSA) is 54.6 Å². The first-order valence-electron chi connectivity index (χ1n) is 5.39. The van der Waals surface area contributed by atoms with Gasteiger partial charge in [-0.3, -0.25) is 0 Å². The van der Waals surface area contributed by atoms with E-state index in [1.54, 1.807) is 6.07 Å². The number of hydrogen-bond donors (Lipinski definition) is 2. The quantitative estimate of drug-likeness (QED) is 0.764. The second-order valence-corrected chi connectivity index (χ2v) is 3.79. The van der Waals surface area contributed by atoms with Crippen LogP contribution in [-0.2, 0) is 17.9 Å². The van der Waals surface area contributed by atoms with Gasteiger partial charge in [-0.1, -0.05) is 0 Å². The molecule has 84 valence electrons. The molecule has 0 spiro atoms. The van der Waals surface area contributed by atoms with Gasteiger partial charge >= 0.3 is 0 Å². The van der Waals surface area contributed by atoms with Gasteiger partial charge in [0, 0.05) is 13.2 Å². The van der Waals surface area contributed by atoms with Crippen LogP contribution < -0.4 is 5.32 Å². The van der Waals surface area contributed by atoms with Gasteiger partial charge in [0.25, 0.3) is 0 Å². The van der Waals surface area contributed by atoms with Gasteiger partial charge in [0.15, 0.2) is 0 Å². The maximum Gasteiger partial charge on any atom is 0.129 e. The summed E-state index contributed by atoms with van der Waals surface area (Å²) in [6.07, 6.45) is 2.67. The van der Waals surface area contributed by atoms with Gasteiger partial charge < -0.3 is 19.6 Å². The second kappa shape index (κ2) is 5.30. The molecule has 0 unspecified atom stereocenters. The number of hydrogen-bond acceptors (Lipinski definition) is 4. The maximum absolute atomic E-state index is 8.81. The largest absolute Gasteiger partial charge is 0.462 e. The zero-order valence-electron chi connectivity index (χ0n) is 8.74. The fourth-order valence-electron chi connectivity index (χ4n) is 1.76. The Morgan fingerprint density at radius 3 is 2.93 bits per heavy atom. The first kappa shape index (κ1) is 10.7. The van der Waals surface area contributed by atoms with Crippen LogP contribution >= 0.6 is 0 Å². The van der Waals surface area contributed by atoms with E-state index >= 15 is 0 Å². The lowest BCUT2D eigenvalue weighted by Gasteiger charge is -2.09. The monoisotopic (exact) mass is 211 g/mol. The average Bonchev–Trinajstić information content (AvgIpc) is 2.88. The lowest BCUT2D eigenvalue weighted by atomic mass is 10.2. The van der Waals surface area contributed by atoms with Crippen LogP contribution in [0, 0.1) is 0 Å². The standard InChI is InChI=1S/C11H17NO3/c13-8-11-4-3-10(15-11)7-12-6-9-2-1-5-14-9/h3-4,9,12-13H,1-2,5-8H2/t9-/m0/s1. The number of aliphatic hydroxyl groups excluding tert-OH is 1. The summed E-state index contributed by atoms with van der Waals surface area (Å²) in [5, 5.41) is 12.1. The third-order valence-electron chi connectivity index (χ3n) is 2.57. The van der Waals surface area contributed by atoms with Crippen LogP contribution in [0.25, 0.3) is 0 Å². The van der Waals surface area contributed by atoms with Crippen LogP contribution in [0.2, 0.25) is 0 Å². The van der Waals surface area contributed by atoms with Gasteiger partial charge in [0.05, 0.1) is 12.6 Å². The van der Waals surface area contributed by atoms with E-state index in [9.17, 15) is 0 Å². The van der Waals surface area contributed by atoms with E-state index < -0.39 is 0 Å². The van der Waals surface area contributed by atoms with E-state index in [1.807, 2.05) is 6.07 Å². The summed E-state index contributed by atoms with van der Waals surface area (Å²) in [4.78, 5) is 0. The predicted octanol–water partition coefficient (Wildman–Crippen LogP) is 1.04. The molecular formula is C11H17NO3. The maximum atomic E-state index is 8.81. The number of rotatable bonds is 5. The Balaban J connectivity index is 1.68. The fraction of sp³-hybridized carbons (Fsp3) is 0.636. The van der Waals surface area contributed by atoms with Crippen LogP contribution in [0.1, 0.15) is 24.4 Å². The highest BCUT2D eigenvalue weighted by Gasteiger charge is 2.14. The third kappa shape index (κ3) is 3.06. The number of furan rings is 1. The van der Waals surface area contributed by atoms with E-state index in [1.165, 1.54) is 6.42 Å². The van der Waals surface area contributed by atoms with Crippen LogP contribution in [0.3, 0.4) is 0 Å². The highest BCUT2D eigenvalue weighted by molar-refractivity contribution is 5.06. The highest BCUT2D eigenvalue weighted by atomic mass is 16.5. The molecule has 2 N–H and O–H groups in total. The molecule has 1 atom stereocenters. The molecule has 0 bridgehead atoms. The third-order valence-corrected chi connectivity index (χ3v) is 2.57. The van der Waals surface area contributed by atoms with Crippen LogP contribution in [-0.4, -0.2) is 24.4 Å². The summed E-state index contributed by atoms with van der Waals surface area (Å²) in [5.74, 6) is 1.47. The molecule has 0 aliphatic carbocycles. The molecule has 2 rings (SSSR count). The smallest absolute Gasteiger partial charge is 0.129 e. The van der Waals surface area contributed by atoms with Gasteiger partial charge in [0.1, 0.15) is 18.1 Å². The molecule has 15 heavy (non-hydrogen) atoms. The number of nitrogens with one attached hydrogen (secondary N) is 1. The number of ether oxygens (including phenoxy) is 1. The molecule has 4 nitrogen and oxygen atoms in total. The minimum Gasteiger partial charge on any atom is -0.462 e. The molecule has 0 aromatic carbocycles. The summed E-state index contributed by atoms with van der Waals surface area (Å²) in [5.41, 5.74) is 0. The predicted molar refractivity (Wildman–Crippen MR) is 55.3 cm³/mol. The van der Waals surface area contributed by atoms with E-state index in [0.717, 1.165) is 25.3 Å². The molecule has 0 saturated carbocycles. The van der Waals surface area contributed by atoms with E-state index in [4.69, 9.17) is 14.3 Å². The molecule has 4 heteroatoms.